The standard InChI is InChI=1S/C27H29N3O4/c1-17-10-11-18(2)20(12-17)16-30-22-9-7-6-8-21(22)29-25(30)15-28-27(31)19-13-23(32-3)26(34-5)24(14-19)33-4/h6-14H,15-16H2,1-5H3,(H,28,31). The van der Waals surface area contributed by atoms with Gasteiger partial charge in [0.25, 0.3) is 5.91 Å². The number of aryl methyl sites for hydroxylation is 2. The molecule has 0 aliphatic heterocycles. The second-order valence-electron chi connectivity index (χ2n) is 8.13. The predicted molar refractivity (Wildman–Crippen MR) is 132 cm³/mol. The van der Waals surface area contributed by atoms with Crippen LogP contribution in [0.2, 0.25) is 0 Å². The van der Waals surface area contributed by atoms with Gasteiger partial charge in [-0.25, -0.2) is 4.98 Å². The maximum atomic E-state index is 13.0. The first-order chi connectivity index (χ1) is 16.4. The Bertz CT molecular complexity index is 1320. The first-order valence-electron chi connectivity index (χ1n) is 11.0. The van der Waals surface area contributed by atoms with Gasteiger partial charge < -0.3 is 24.1 Å². The van der Waals surface area contributed by atoms with Gasteiger partial charge >= 0.3 is 0 Å². The van der Waals surface area contributed by atoms with Crippen molar-refractivity contribution in [1.82, 2.24) is 14.9 Å². The maximum Gasteiger partial charge on any atom is 0.251 e. The lowest BCUT2D eigenvalue weighted by Gasteiger charge is -2.15. The van der Waals surface area contributed by atoms with Gasteiger partial charge in [0.15, 0.2) is 11.5 Å². The molecule has 3 aromatic carbocycles. The molecule has 34 heavy (non-hydrogen) atoms. The van der Waals surface area contributed by atoms with E-state index < -0.39 is 0 Å². The summed E-state index contributed by atoms with van der Waals surface area (Å²) in [7, 11) is 4.57. The molecule has 0 bridgehead atoms. The third-order valence-corrected chi connectivity index (χ3v) is 5.90. The number of rotatable bonds is 8. The van der Waals surface area contributed by atoms with E-state index in [9.17, 15) is 4.79 Å². The van der Waals surface area contributed by atoms with Crippen LogP contribution in [0.3, 0.4) is 0 Å². The van der Waals surface area contributed by atoms with Crippen LogP contribution in [0.5, 0.6) is 17.2 Å². The van der Waals surface area contributed by atoms with Gasteiger partial charge in [0.05, 0.1) is 38.9 Å². The predicted octanol–water partition coefficient (Wildman–Crippen LogP) is 4.66. The van der Waals surface area contributed by atoms with Crippen LogP contribution in [-0.2, 0) is 13.1 Å². The molecule has 7 heteroatoms. The fourth-order valence-corrected chi connectivity index (χ4v) is 4.05. The molecular formula is C27H29N3O4. The maximum absolute atomic E-state index is 13.0. The molecule has 4 rings (SSSR count). The molecule has 7 nitrogen and oxygen atoms in total. The first-order valence-corrected chi connectivity index (χ1v) is 11.0. The molecule has 0 atom stereocenters. The highest BCUT2D eigenvalue weighted by atomic mass is 16.5. The van der Waals surface area contributed by atoms with E-state index in [2.05, 4.69) is 48.0 Å². The molecular weight excluding hydrogens is 430 g/mol. The number of carbonyl (C=O) groups excluding carboxylic acids is 1. The molecule has 4 aromatic rings. The quantitative estimate of drug-likeness (QED) is 0.415. The summed E-state index contributed by atoms with van der Waals surface area (Å²) in [6, 6.07) is 17.7. The molecule has 0 aliphatic carbocycles. The van der Waals surface area contributed by atoms with Crippen molar-refractivity contribution in [2.45, 2.75) is 26.9 Å². The molecule has 0 radical (unpaired) electrons. The van der Waals surface area contributed by atoms with Crippen molar-refractivity contribution < 1.29 is 19.0 Å². The number of hydrogen-bond acceptors (Lipinski definition) is 5. The van der Waals surface area contributed by atoms with Crippen LogP contribution in [0.15, 0.2) is 54.6 Å². The van der Waals surface area contributed by atoms with Gasteiger partial charge in [-0.15, -0.1) is 0 Å². The van der Waals surface area contributed by atoms with Crippen molar-refractivity contribution in [2.24, 2.45) is 0 Å². The van der Waals surface area contributed by atoms with Crippen molar-refractivity contribution in [3.05, 3.63) is 82.7 Å². The van der Waals surface area contributed by atoms with Crippen molar-refractivity contribution in [2.75, 3.05) is 21.3 Å². The molecule has 1 aromatic heterocycles. The fourth-order valence-electron chi connectivity index (χ4n) is 4.05. The zero-order valence-corrected chi connectivity index (χ0v) is 20.1. The van der Waals surface area contributed by atoms with E-state index in [-0.39, 0.29) is 12.5 Å². The molecule has 1 heterocycles. The number of nitrogens with one attached hydrogen (secondary N) is 1. The average Bonchev–Trinajstić information content (AvgIpc) is 3.20. The van der Waals surface area contributed by atoms with Crippen molar-refractivity contribution >= 4 is 16.9 Å². The average molecular weight is 460 g/mol. The molecule has 0 fully saturated rings. The Kier molecular flexibility index (Phi) is 6.72. The van der Waals surface area contributed by atoms with Crippen LogP contribution in [-0.4, -0.2) is 36.8 Å². The number of imidazole rings is 1. The summed E-state index contributed by atoms with van der Waals surface area (Å²) in [5.74, 6) is 1.81. The van der Waals surface area contributed by atoms with E-state index in [4.69, 9.17) is 19.2 Å². The molecule has 1 amide bonds. The van der Waals surface area contributed by atoms with Crippen molar-refractivity contribution in [1.29, 1.82) is 0 Å². The summed E-state index contributed by atoms with van der Waals surface area (Å²) in [5.41, 5.74) is 5.98. The highest BCUT2D eigenvalue weighted by Crippen LogP contribution is 2.38. The molecule has 0 aliphatic rings. The van der Waals surface area contributed by atoms with Gasteiger partial charge in [-0.2, -0.15) is 0 Å². The lowest BCUT2D eigenvalue weighted by Crippen LogP contribution is -2.25. The van der Waals surface area contributed by atoms with E-state index in [0.717, 1.165) is 16.9 Å². The second-order valence-corrected chi connectivity index (χ2v) is 8.13. The zero-order chi connectivity index (χ0) is 24.2. The van der Waals surface area contributed by atoms with Gasteiger partial charge in [-0.1, -0.05) is 35.9 Å². The van der Waals surface area contributed by atoms with Crippen molar-refractivity contribution in [3.8, 4) is 17.2 Å². The summed E-state index contributed by atoms with van der Waals surface area (Å²) in [6.07, 6.45) is 0. The van der Waals surface area contributed by atoms with E-state index in [1.165, 1.54) is 38.0 Å². The van der Waals surface area contributed by atoms with Crippen LogP contribution < -0.4 is 19.5 Å². The number of nitrogens with zero attached hydrogens (tertiary/aromatic N) is 2. The van der Waals surface area contributed by atoms with Crippen LogP contribution in [0, 0.1) is 13.8 Å². The number of ether oxygens (including phenoxy) is 3. The minimum absolute atomic E-state index is 0.260. The molecule has 0 unspecified atom stereocenters. The molecule has 0 saturated heterocycles. The molecule has 0 spiro atoms. The van der Waals surface area contributed by atoms with Crippen LogP contribution in [0.4, 0.5) is 0 Å². The van der Waals surface area contributed by atoms with E-state index in [1.54, 1.807) is 12.1 Å². The molecule has 1 N–H and O–H groups in total. The normalized spacial score (nSPS) is 10.9. The minimum atomic E-state index is -0.260. The minimum Gasteiger partial charge on any atom is -0.493 e. The Morgan fingerprint density at radius 1 is 0.941 bits per heavy atom. The summed E-state index contributed by atoms with van der Waals surface area (Å²) in [5, 5.41) is 2.99. The van der Waals surface area contributed by atoms with E-state index in [0.29, 0.717) is 29.4 Å². The topological polar surface area (TPSA) is 74.6 Å². The number of benzene rings is 3. The smallest absolute Gasteiger partial charge is 0.251 e. The molecule has 176 valence electrons. The van der Waals surface area contributed by atoms with E-state index in [1.807, 2.05) is 18.2 Å². The Labute approximate surface area is 199 Å². The highest BCUT2D eigenvalue weighted by molar-refractivity contribution is 5.95. The number of carbonyl (C=O) groups is 1. The van der Waals surface area contributed by atoms with E-state index >= 15 is 0 Å². The summed E-state index contributed by atoms with van der Waals surface area (Å²) in [6.45, 7) is 5.14. The number of amides is 1. The second kappa shape index (κ2) is 9.87. The monoisotopic (exact) mass is 459 g/mol. The third kappa shape index (κ3) is 4.55. The first kappa shape index (κ1) is 23.2. The largest absolute Gasteiger partial charge is 0.493 e. The number of para-hydroxylation sites is 2. The number of aromatic nitrogens is 2. The van der Waals surface area contributed by atoms with Gasteiger partial charge in [-0.05, 0) is 49.2 Å². The van der Waals surface area contributed by atoms with Crippen molar-refractivity contribution in [3.63, 3.8) is 0 Å². The fraction of sp³-hybridized carbons (Fsp3) is 0.259. The van der Waals surface area contributed by atoms with Crippen LogP contribution >= 0.6 is 0 Å². The lowest BCUT2D eigenvalue weighted by molar-refractivity contribution is 0.0948. The summed E-state index contributed by atoms with van der Waals surface area (Å²) < 4.78 is 18.3. The van der Waals surface area contributed by atoms with Crippen LogP contribution in [0.25, 0.3) is 11.0 Å². The number of fused-ring (bicyclic) bond motifs is 1. The lowest BCUT2D eigenvalue weighted by atomic mass is 10.1. The summed E-state index contributed by atoms with van der Waals surface area (Å²) >= 11 is 0. The van der Waals surface area contributed by atoms with Gasteiger partial charge in [0, 0.05) is 12.1 Å². The zero-order valence-electron chi connectivity index (χ0n) is 20.1. The third-order valence-electron chi connectivity index (χ3n) is 5.90. The number of hydrogen-bond donors (Lipinski definition) is 1. The van der Waals surface area contributed by atoms with Gasteiger partial charge in [-0.3, -0.25) is 4.79 Å². The SMILES string of the molecule is COc1cc(C(=O)NCc2nc3ccccc3n2Cc2cc(C)ccc2C)cc(OC)c1OC. The Balaban J connectivity index is 1.64. The van der Waals surface area contributed by atoms with Crippen LogP contribution in [0.1, 0.15) is 32.9 Å². The Hall–Kier alpha value is -4.00. The summed E-state index contributed by atoms with van der Waals surface area (Å²) in [4.78, 5) is 17.8. The Morgan fingerprint density at radius 2 is 1.65 bits per heavy atom. The van der Waals surface area contributed by atoms with Gasteiger partial charge in [0.2, 0.25) is 5.75 Å². The van der Waals surface area contributed by atoms with Gasteiger partial charge in [0.1, 0.15) is 5.82 Å². The number of methoxy groups -OCH3 is 3. The molecule has 0 saturated carbocycles. The Morgan fingerprint density at radius 3 is 2.32 bits per heavy atom. The highest BCUT2D eigenvalue weighted by Gasteiger charge is 2.18.